The standard InChI is InChI=1S/C18H25N3O2/c1-12-8-9-15(14-7-6-10-19-16(12)14)21-13(2)11-20-17(22)23-18(3,4)5/h6-10,13,21H,11H2,1-5H3,(H,20,22). The molecule has 0 radical (unpaired) electrons. The molecule has 1 atom stereocenters. The Kier molecular flexibility index (Phi) is 5.08. The fourth-order valence-corrected chi connectivity index (χ4v) is 2.31. The van der Waals surface area contributed by atoms with E-state index < -0.39 is 11.7 Å². The SMILES string of the molecule is Cc1ccc(NC(C)CNC(=O)OC(C)(C)C)c2cccnc12. The minimum absolute atomic E-state index is 0.0635. The summed E-state index contributed by atoms with van der Waals surface area (Å²) in [6.07, 6.45) is 1.40. The first-order valence-corrected chi connectivity index (χ1v) is 7.84. The van der Waals surface area contributed by atoms with Crippen LogP contribution in [0.4, 0.5) is 10.5 Å². The van der Waals surface area contributed by atoms with Gasteiger partial charge in [-0.25, -0.2) is 4.79 Å². The molecule has 0 spiro atoms. The highest BCUT2D eigenvalue weighted by Crippen LogP contribution is 2.24. The van der Waals surface area contributed by atoms with E-state index in [9.17, 15) is 4.79 Å². The Labute approximate surface area is 137 Å². The minimum Gasteiger partial charge on any atom is -0.444 e. The van der Waals surface area contributed by atoms with Crippen LogP contribution in [0.2, 0.25) is 0 Å². The number of carbonyl (C=O) groups is 1. The normalized spacial score (nSPS) is 12.7. The lowest BCUT2D eigenvalue weighted by Gasteiger charge is -2.22. The third-order valence-corrected chi connectivity index (χ3v) is 3.32. The summed E-state index contributed by atoms with van der Waals surface area (Å²) in [5.41, 5.74) is 2.66. The van der Waals surface area contributed by atoms with Crippen molar-refractivity contribution < 1.29 is 9.53 Å². The number of nitrogens with one attached hydrogen (secondary N) is 2. The highest BCUT2D eigenvalue weighted by Gasteiger charge is 2.16. The lowest BCUT2D eigenvalue weighted by Crippen LogP contribution is -2.38. The number of aryl methyl sites for hydroxylation is 1. The Morgan fingerprint density at radius 3 is 2.74 bits per heavy atom. The smallest absolute Gasteiger partial charge is 0.407 e. The van der Waals surface area contributed by atoms with Crippen molar-refractivity contribution in [1.82, 2.24) is 10.3 Å². The van der Waals surface area contributed by atoms with Gasteiger partial charge in [0.05, 0.1) is 5.52 Å². The monoisotopic (exact) mass is 315 g/mol. The van der Waals surface area contributed by atoms with Gasteiger partial charge in [0.1, 0.15) is 5.60 Å². The van der Waals surface area contributed by atoms with E-state index in [1.54, 1.807) is 6.20 Å². The molecule has 1 aromatic carbocycles. The van der Waals surface area contributed by atoms with E-state index in [1.165, 1.54) is 0 Å². The largest absolute Gasteiger partial charge is 0.444 e. The van der Waals surface area contributed by atoms with E-state index >= 15 is 0 Å². The topological polar surface area (TPSA) is 63.2 Å². The fourth-order valence-electron chi connectivity index (χ4n) is 2.31. The summed E-state index contributed by atoms with van der Waals surface area (Å²) in [7, 11) is 0. The number of hydrogen-bond donors (Lipinski definition) is 2. The molecule has 5 heteroatoms. The van der Waals surface area contributed by atoms with Crippen molar-refractivity contribution in [3.63, 3.8) is 0 Å². The second-order valence-corrected chi connectivity index (χ2v) is 6.76. The first kappa shape index (κ1) is 17.1. The van der Waals surface area contributed by atoms with Crippen LogP contribution >= 0.6 is 0 Å². The van der Waals surface area contributed by atoms with E-state index in [4.69, 9.17) is 4.74 Å². The van der Waals surface area contributed by atoms with Crippen LogP contribution in [0.15, 0.2) is 30.5 Å². The number of carbonyl (C=O) groups excluding carboxylic acids is 1. The molecule has 2 rings (SSSR count). The number of ether oxygens (including phenoxy) is 1. The van der Waals surface area contributed by atoms with Gasteiger partial charge < -0.3 is 15.4 Å². The van der Waals surface area contributed by atoms with Crippen molar-refractivity contribution in [3.8, 4) is 0 Å². The molecule has 0 aliphatic heterocycles. The van der Waals surface area contributed by atoms with Crippen molar-refractivity contribution in [1.29, 1.82) is 0 Å². The third-order valence-electron chi connectivity index (χ3n) is 3.32. The second kappa shape index (κ2) is 6.86. The van der Waals surface area contributed by atoms with Gasteiger partial charge in [-0.15, -0.1) is 0 Å². The van der Waals surface area contributed by atoms with Gasteiger partial charge >= 0.3 is 6.09 Å². The molecule has 0 bridgehead atoms. The van der Waals surface area contributed by atoms with E-state index in [-0.39, 0.29) is 6.04 Å². The van der Waals surface area contributed by atoms with Crippen LogP contribution in [0.5, 0.6) is 0 Å². The van der Waals surface area contributed by atoms with Gasteiger partial charge in [0.2, 0.25) is 0 Å². The van der Waals surface area contributed by atoms with Crippen LogP contribution in [0, 0.1) is 6.92 Å². The summed E-state index contributed by atoms with van der Waals surface area (Å²) < 4.78 is 5.24. The van der Waals surface area contributed by atoms with Gasteiger partial charge in [-0.3, -0.25) is 4.98 Å². The number of nitrogens with zero attached hydrogens (tertiary/aromatic N) is 1. The molecule has 2 N–H and O–H groups in total. The quantitative estimate of drug-likeness (QED) is 0.899. The predicted octanol–water partition coefficient (Wildman–Crippen LogP) is 3.87. The molecule has 0 saturated heterocycles. The van der Waals surface area contributed by atoms with Crippen LogP contribution in [-0.2, 0) is 4.74 Å². The average molecular weight is 315 g/mol. The molecular weight excluding hydrogens is 290 g/mol. The molecule has 1 heterocycles. The lowest BCUT2D eigenvalue weighted by molar-refractivity contribution is 0.0526. The van der Waals surface area contributed by atoms with Crippen molar-refractivity contribution in [2.45, 2.75) is 46.3 Å². The zero-order chi connectivity index (χ0) is 17.0. The van der Waals surface area contributed by atoms with Gasteiger partial charge in [0.15, 0.2) is 0 Å². The van der Waals surface area contributed by atoms with Crippen LogP contribution in [0.3, 0.4) is 0 Å². The Balaban J connectivity index is 2.00. The van der Waals surface area contributed by atoms with Crippen LogP contribution in [0.1, 0.15) is 33.3 Å². The number of anilines is 1. The fraction of sp³-hybridized carbons (Fsp3) is 0.444. The van der Waals surface area contributed by atoms with E-state index in [2.05, 4.69) is 15.6 Å². The zero-order valence-electron chi connectivity index (χ0n) is 14.4. The first-order valence-electron chi connectivity index (χ1n) is 7.84. The third kappa shape index (κ3) is 4.84. The van der Waals surface area contributed by atoms with Crippen LogP contribution in [0.25, 0.3) is 10.9 Å². The van der Waals surface area contributed by atoms with Gasteiger partial charge in [-0.05, 0) is 58.4 Å². The highest BCUT2D eigenvalue weighted by atomic mass is 16.6. The van der Waals surface area contributed by atoms with E-state index in [0.29, 0.717) is 6.54 Å². The molecule has 1 aromatic heterocycles. The summed E-state index contributed by atoms with van der Waals surface area (Å²) in [5, 5.41) is 7.28. The molecular formula is C18H25N3O2. The molecule has 0 saturated carbocycles. The van der Waals surface area contributed by atoms with Gasteiger partial charge in [-0.2, -0.15) is 0 Å². The van der Waals surface area contributed by atoms with Gasteiger partial charge in [0, 0.05) is 29.9 Å². The molecule has 0 aliphatic carbocycles. The van der Waals surface area contributed by atoms with Crippen molar-refractivity contribution in [2.24, 2.45) is 0 Å². The van der Waals surface area contributed by atoms with Gasteiger partial charge in [-0.1, -0.05) is 6.07 Å². The Bertz CT molecular complexity index is 692. The zero-order valence-corrected chi connectivity index (χ0v) is 14.4. The van der Waals surface area contributed by atoms with Gasteiger partial charge in [0.25, 0.3) is 0 Å². The van der Waals surface area contributed by atoms with Crippen molar-refractivity contribution in [3.05, 3.63) is 36.0 Å². The summed E-state index contributed by atoms with van der Waals surface area (Å²) in [4.78, 5) is 16.1. The van der Waals surface area contributed by atoms with Crippen molar-refractivity contribution in [2.75, 3.05) is 11.9 Å². The molecule has 0 aliphatic rings. The molecule has 0 fully saturated rings. The molecule has 23 heavy (non-hydrogen) atoms. The summed E-state index contributed by atoms with van der Waals surface area (Å²) >= 11 is 0. The minimum atomic E-state index is -0.487. The molecule has 1 amide bonds. The maximum Gasteiger partial charge on any atom is 0.407 e. The average Bonchev–Trinajstić information content (AvgIpc) is 2.47. The first-order chi connectivity index (χ1) is 10.8. The number of alkyl carbamates (subject to hydrolysis) is 1. The highest BCUT2D eigenvalue weighted by molar-refractivity contribution is 5.93. The van der Waals surface area contributed by atoms with E-state index in [1.807, 2.05) is 58.9 Å². The maximum atomic E-state index is 11.7. The number of hydrogen-bond acceptors (Lipinski definition) is 4. The Hall–Kier alpha value is -2.30. The Morgan fingerprint density at radius 1 is 1.30 bits per heavy atom. The second-order valence-electron chi connectivity index (χ2n) is 6.76. The molecule has 5 nitrogen and oxygen atoms in total. The molecule has 2 aromatic rings. The number of fused-ring (bicyclic) bond motifs is 1. The number of pyridine rings is 1. The molecule has 1 unspecified atom stereocenters. The maximum absolute atomic E-state index is 11.7. The lowest BCUT2D eigenvalue weighted by atomic mass is 10.1. The number of rotatable bonds is 4. The number of amides is 1. The van der Waals surface area contributed by atoms with Crippen molar-refractivity contribution >= 4 is 22.7 Å². The Morgan fingerprint density at radius 2 is 2.04 bits per heavy atom. The van der Waals surface area contributed by atoms with Crippen LogP contribution < -0.4 is 10.6 Å². The summed E-state index contributed by atoms with van der Waals surface area (Å²) in [6.45, 7) is 10.1. The van der Waals surface area contributed by atoms with E-state index in [0.717, 1.165) is 22.2 Å². The summed E-state index contributed by atoms with van der Waals surface area (Å²) in [6, 6.07) is 8.13. The molecule has 124 valence electrons. The summed E-state index contributed by atoms with van der Waals surface area (Å²) in [5.74, 6) is 0. The predicted molar refractivity (Wildman–Crippen MR) is 93.8 cm³/mol. The number of benzene rings is 1. The number of aromatic nitrogens is 1. The van der Waals surface area contributed by atoms with Crippen LogP contribution in [-0.4, -0.2) is 29.3 Å².